The fourth-order valence-corrected chi connectivity index (χ4v) is 2.05. The standard InChI is InChI=1S/C15H16N2O/c1-18-13-4-2-3-11(9-13)12-5-6-14(17-10-12)15(16)7-8-15/h2-6,9-10H,7-8,16H2,1H3. The van der Waals surface area contributed by atoms with Gasteiger partial charge in [-0.15, -0.1) is 0 Å². The Morgan fingerprint density at radius 3 is 2.61 bits per heavy atom. The topological polar surface area (TPSA) is 48.1 Å². The molecule has 1 fully saturated rings. The lowest BCUT2D eigenvalue weighted by atomic mass is 10.1. The van der Waals surface area contributed by atoms with E-state index < -0.39 is 0 Å². The van der Waals surface area contributed by atoms with E-state index in [0.29, 0.717) is 0 Å². The van der Waals surface area contributed by atoms with Gasteiger partial charge in [-0.2, -0.15) is 0 Å². The number of hydrogen-bond acceptors (Lipinski definition) is 3. The lowest BCUT2D eigenvalue weighted by Crippen LogP contribution is -2.19. The third-order valence-electron chi connectivity index (χ3n) is 3.47. The number of aromatic nitrogens is 1. The number of ether oxygens (including phenoxy) is 1. The second-order valence-corrected chi connectivity index (χ2v) is 4.82. The Hall–Kier alpha value is -1.87. The van der Waals surface area contributed by atoms with E-state index >= 15 is 0 Å². The van der Waals surface area contributed by atoms with Crippen LogP contribution in [0.15, 0.2) is 42.6 Å². The Balaban J connectivity index is 1.92. The molecule has 92 valence electrons. The molecule has 2 aromatic rings. The molecule has 0 atom stereocenters. The number of benzene rings is 1. The highest BCUT2D eigenvalue weighted by molar-refractivity contribution is 5.64. The molecule has 0 spiro atoms. The summed E-state index contributed by atoms with van der Waals surface area (Å²) in [6, 6.07) is 12.1. The molecule has 0 aliphatic heterocycles. The number of nitrogens with two attached hydrogens (primary N) is 1. The van der Waals surface area contributed by atoms with Crippen molar-refractivity contribution in [1.29, 1.82) is 0 Å². The van der Waals surface area contributed by atoms with Crippen molar-refractivity contribution in [3.8, 4) is 16.9 Å². The fourth-order valence-electron chi connectivity index (χ4n) is 2.05. The molecule has 1 aromatic heterocycles. The number of rotatable bonds is 3. The number of nitrogens with zero attached hydrogens (tertiary/aromatic N) is 1. The van der Waals surface area contributed by atoms with Crippen LogP contribution in [0.4, 0.5) is 0 Å². The highest BCUT2D eigenvalue weighted by Crippen LogP contribution is 2.41. The Morgan fingerprint density at radius 2 is 2.00 bits per heavy atom. The summed E-state index contributed by atoms with van der Waals surface area (Å²) in [7, 11) is 1.67. The molecular formula is C15H16N2O. The van der Waals surface area contributed by atoms with Crippen LogP contribution in [0.5, 0.6) is 5.75 Å². The van der Waals surface area contributed by atoms with Gasteiger partial charge in [0.05, 0.1) is 18.3 Å². The Kier molecular flexibility index (Phi) is 2.56. The Bertz CT molecular complexity index is 559. The molecule has 2 N–H and O–H groups in total. The van der Waals surface area contributed by atoms with Gasteiger partial charge >= 0.3 is 0 Å². The normalized spacial score (nSPS) is 16.3. The van der Waals surface area contributed by atoms with Gasteiger partial charge in [-0.3, -0.25) is 4.98 Å². The Labute approximate surface area is 107 Å². The smallest absolute Gasteiger partial charge is 0.119 e. The summed E-state index contributed by atoms with van der Waals surface area (Å²) in [4.78, 5) is 4.48. The SMILES string of the molecule is COc1cccc(-c2ccc(C3(N)CC3)nc2)c1. The van der Waals surface area contributed by atoms with Crippen molar-refractivity contribution < 1.29 is 4.74 Å². The van der Waals surface area contributed by atoms with Crippen LogP contribution in [0.3, 0.4) is 0 Å². The third kappa shape index (κ3) is 1.97. The second kappa shape index (κ2) is 4.10. The van der Waals surface area contributed by atoms with Gasteiger partial charge in [0.1, 0.15) is 5.75 Å². The van der Waals surface area contributed by atoms with Crippen LogP contribution < -0.4 is 10.5 Å². The predicted molar refractivity (Wildman–Crippen MR) is 71.3 cm³/mol. The fraction of sp³-hybridized carbons (Fsp3) is 0.267. The van der Waals surface area contributed by atoms with E-state index in [1.807, 2.05) is 30.5 Å². The van der Waals surface area contributed by atoms with Crippen molar-refractivity contribution >= 4 is 0 Å². The van der Waals surface area contributed by atoms with Crippen molar-refractivity contribution in [3.05, 3.63) is 48.3 Å². The van der Waals surface area contributed by atoms with Gasteiger partial charge in [0.2, 0.25) is 0 Å². The quantitative estimate of drug-likeness (QED) is 0.897. The number of pyridine rings is 1. The van der Waals surface area contributed by atoms with Crippen LogP contribution in [0, 0.1) is 0 Å². The summed E-state index contributed by atoms with van der Waals surface area (Å²) >= 11 is 0. The zero-order chi connectivity index (χ0) is 12.6. The van der Waals surface area contributed by atoms with Crippen LogP contribution in [0.25, 0.3) is 11.1 Å². The van der Waals surface area contributed by atoms with Crippen LogP contribution >= 0.6 is 0 Å². The molecule has 0 unspecified atom stereocenters. The summed E-state index contributed by atoms with van der Waals surface area (Å²) < 4.78 is 5.22. The van der Waals surface area contributed by atoms with E-state index in [2.05, 4.69) is 17.1 Å². The zero-order valence-corrected chi connectivity index (χ0v) is 10.4. The second-order valence-electron chi connectivity index (χ2n) is 4.82. The molecule has 0 bridgehead atoms. The van der Waals surface area contributed by atoms with E-state index in [-0.39, 0.29) is 5.54 Å². The first-order valence-corrected chi connectivity index (χ1v) is 6.11. The maximum Gasteiger partial charge on any atom is 0.119 e. The molecular weight excluding hydrogens is 224 g/mol. The summed E-state index contributed by atoms with van der Waals surface area (Å²) in [5, 5.41) is 0. The molecule has 0 amide bonds. The summed E-state index contributed by atoms with van der Waals surface area (Å²) in [5.74, 6) is 0.856. The van der Waals surface area contributed by atoms with E-state index in [9.17, 15) is 0 Å². The molecule has 0 saturated heterocycles. The molecule has 18 heavy (non-hydrogen) atoms. The van der Waals surface area contributed by atoms with Gasteiger partial charge in [0.25, 0.3) is 0 Å². The van der Waals surface area contributed by atoms with E-state index in [1.54, 1.807) is 7.11 Å². The van der Waals surface area contributed by atoms with E-state index in [4.69, 9.17) is 10.5 Å². The first kappa shape index (κ1) is 11.2. The molecule has 0 radical (unpaired) electrons. The number of methoxy groups -OCH3 is 1. The van der Waals surface area contributed by atoms with Crippen molar-refractivity contribution in [2.45, 2.75) is 18.4 Å². The molecule has 3 nitrogen and oxygen atoms in total. The minimum Gasteiger partial charge on any atom is -0.497 e. The summed E-state index contributed by atoms with van der Waals surface area (Å²) in [6.07, 6.45) is 3.97. The first-order valence-electron chi connectivity index (χ1n) is 6.11. The van der Waals surface area contributed by atoms with E-state index in [1.165, 1.54) is 0 Å². The molecule has 1 aliphatic rings. The summed E-state index contributed by atoms with van der Waals surface area (Å²) in [5.41, 5.74) is 9.15. The average molecular weight is 240 g/mol. The van der Waals surface area contributed by atoms with Gasteiger partial charge < -0.3 is 10.5 Å². The minimum absolute atomic E-state index is 0.160. The molecule has 1 saturated carbocycles. The third-order valence-corrected chi connectivity index (χ3v) is 3.47. The van der Waals surface area contributed by atoms with Crippen LogP contribution in [-0.4, -0.2) is 12.1 Å². The lowest BCUT2D eigenvalue weighted by molar-refractivity contribution is 0.415. The number of hydrogen-bond donors (Lipinski definition) is 1. The van der Waals surface area contributed by atoms with Crippen molar-refractivity contribution in [2.24, 2.45) is 5.73 Å². The Morgan fingerprint density at radius 1 is 1.17 bits per heavy atom. The van der Waals surface area contributed by atoms with E-state index in [0.717, 1.165) is 35.4 Å². The largest absolute Gasteiger partial charge is 0.497 e. The average Bonchev–Trinajstić information content (AvgIpc) is 3.18. The van der Waals surface area contributed by atoms with Crippen molar-refractivity contribution in [1.82, 2.24) is 4.98 Å². The van der Waals surface area contributed by atoms with Crippen molar-refractivity contribution in [3.63, 3.8) is 0 Å². The molecule has 3 heteroatoms. The zero-order valence-electron chi connectivity index (χ0n) is 10.4. The monoisotopic (exact) mass is 240 g/mol. The van der Waals surface area contributed by atoms with Crippen LogP contribution in [-0.2, 0) is 5.54 Å². The van der Waals surface area contributed by atoms with Crippen LogP contribution in [0.2, 0.25) is 0 Å². The summed E-state index contributed by atoms with van der Waals surface area (Å²) in [6.45, 7) is 0. The predicted octanol–water partition coefficient (Wildman–Crippen LogP) is 2.71. The highest BCUT2D eigenvalue weighted by atomic mass is 16.5. The van der Waals surface area contributed by atoms with Gasteiger partial charge in [0.15, 0.2) is 0 Å². The molecule has 1 aliphatic carbocycles. The van der Waals surface area contributed by atoms with Gasteiger partial charge in [-0.05, 0) is 36.6 Å². The first-order chi connectivity index (χ1) is 8.71. The highest BCUT2D eigenvalue weighted by Gasteiger charge is 2.41. The maximum atomic E-state index is 6.12. The molecule has 1 aromatic carbocycles. The van der Waals surface area contributed by atoms with Gasteiger partial charge in [-0.25, -0.2) is 0 Å². The molecule has 3 rings (SSSR count). The lowest BCUT2D eigenvalue weighted by Gasteiger charge is -2.09. The van der Waals surface area contributed by atoms with Gasteiger partial charge in [0, 0.05) is 11.8 Å². The van der Waals surface area contributed by atoms with Crippen molar-refractivity contribution in [2.75, 3.05) is 7.11 Å². The molecule has 1 heterocycles. The maximum absolute atomic E-state index is 6.12. The van der Waals surface area contributed by atoms with Crippen LogP contribution in [0.1, 0.15) is 18.5 Å². The van der Waals surface area contributed by atoms with Gasteiger partial charge in [-0.1, -0.05) is 18.2 Å². The minimum atomic E-state index is -0.160.